The van der Waals surface area contributed by atoms with Gasteiger partial charge in [-0.25, -0.2) is 4.39 Å². The number of amides is 1. The second-order valence-corrected chi connectivity index (χ2v) is 8.69. The highest BCUT2D eigenvalue weighted by molar-refractivity contribution is 6.36. The molecule has 1 fully saturated rings. The van der Waals surface area contributed by atoms with Crippen LogP contribution in [0.1, 0.15) is 48.4 Å². The first kappa shape index (κ1) is 20.2. The molecule has 0 bridgehead atoms. The van der Waals surface area contributed by atoms with Gasteiger partial charge >= 0.3 is 0 Å². The molecule has 1 saturated heterocycles. The van der Waals surface area contributed by atoms with E-state index < -0.39 is 0 Å². The zero-order valence-corrected chi connectivity index (χ0v) is 17.8. The molecular weight excluding hydrogens is 393 g/mol. The standard InChI is InChI=1S/C25H28FN3O2/c1-16-4-2-3-10-29(16)11-9-27-14-17-5-7-20-18(12-17)15-31-24(20)23-21-13-19(26)6-8-22(21)28-25(23)30/h5-8,12-13,16,27H,2-4,9-11,14-15H2,1H3,(H,28,30)/b24-23+. The quantitative estimate of drug-likeness (QED) is 0.563. The fourth-order valence-corrected chi connectivity index (χ4v) is 4.84. The molecule has 0 aliphatic carbocycles. The summed E-state index contributed by atoms with van der Waals surface area (Å²) in [6.07, 6.45) is 3.96. The first-order valence-corrected chi connectivity index (χ1v) is 11.2. The number of halogens is 1. The number of carbonyl (C=O) groups excluding carboxylic acids is 1. The van der Waals surface area contributed by atoms with Gasteiger partial charge in [-0.15, -0.1) is 0 Å². The lowest BCUT2D eigenvalue weighted by molar-refractivity contribution is -0.110. The van der Waals surface area contributed by atoms with Crippen LogP contribution in [-0.4, -0.2) is 36.5 Å². The second-order valence-electron chi connectivity index (χ2n) is 8.69. The lowest BCUT2D eigenvalue weighted by atomic mass is 9.99. The maximum absolute atomic E-state index is 13.8. The Hall–Kier alpha value is -2.70. The number of hydrogen-bond acceptors (Lipinski definition) is 4. The summed E-state index contributed by atoms with van der Waals surface area (Å²) in [4.78, 5) is 15.1. The summed E-state index contributed by atoms with van der Waals surface area (Å²) in [6.45, 7) is 6.80. The van der Waals surface area contributed by atoms with Crippen LogP contribution in [0.4, 0.5) is 10.1 Å². The Morgan fingerprint density at radius 3 is 2.97 bits per heavy atom. The van der Waals surface area contributed by atoms with Crippen molar-refractivity contribution in [3.05, 3.63) is 64.5 Å². The van der Waals surface area contributed by atoms with Gasteiger partial charge in [0.2, 0.25) is 0 Å². The third-order valence-electron chi connectivity index (χ3n) is 6.59. The fourth-order valence-electron chi connectivity index (χ4n) is 4.84. The van der Waals surface area contributed by atoms with Gasteiger partial charge in [0.15, 0.2) is 0 Å². The number of nitrogens with one attached hydrogen (secondary N) is 2. The van der Waals surface area contributed by atoms with Crippen molar-refractivity contribution in [2.24, 2.45) is 0 Å². The van der Waals surface area contributed by atoms with Crippen molar-refractivity contribution >= 4 is 22.9 Å². The summed E-state index contributed by atoms with van der Waals surface area (Å²) in [7, 11) is 0. The Kier molecular flexibility index (Phi) is 5.50. The minimum atomic E-state index is -0.369. The number of rotatable bonds is 5. The molecule has 1 atom stereocenters. The van der Waals surface area contributed by atoms with E-state index in [-0.39, 0.29) is 11.7 Å². The van der Waals surface area contributed by atoms with Crippen LogP contribution in [0.3, 0.4) is 0 Å². The van der Waals surface area contributed by atoms with Gasteiger partial charge in [0.25, 0.3) is 5.91 Å². The Labute approximate surface area is 182 Å². The van der Waals surface area contributed by atoms with Crippen LogP contribution in [0.5, 0.6) is 0 Å². The predicted octanol–water partition coefficient (Wildman–Crippen LogP) is 4.14. The number of piperidine rings is 1. The van der Waals surface area contributed by atoms with Crippen molar-refractivity contribution in [2.75, 3.05) is 25.0 Å². The molecule has 6 heteroatoms. The monoisotopic (exact) mass is 421 g/mol. The van der Waals surface area contributed by atoms with Crippen molar-refractivity contribution in [3.63, 3.8) is 0 Å². The maximum atomic E-state index is 13.8. The highest BCUT2D eigenvalue weighted by Crippen LogP contribution is 2.41. The van der Waals surface area contributed by atoms with Gasteiger partial charge < -0.3 is 15.4 Å². The number of likely N-dealkylation sites (tertiary alicyclic amines) is 1. The van der Waals surface area contributed by atoms with E-state index in [9.17, 15) is 9.18 Å². The Balaban J connectivity index is 1.28. The predicted molar refractivity (Wildman–Crippen MR) is 120 cm³/mol. The third-order valence-corrected chi connectivity index (χ3v) is 6.59. The van der Waals surface area contributed by atoms with Crippen LogP contribution in [0.25, 0.3) is 11.3 Å². The summed E-state index contributed by atoms with van der Waals surface area (Å²) in [5.41, 5.74) is 4.76. The fraction of sp³-hybridized carbons (Fsp3) is 0.400. The summed E-state index contributed by atoms with van der Waals surface area (Å²) >= 11 is 0. The number of anilines is 1. The van der Waals surface area contributed by atoms with Gasteiger partial charge in [-0.2, -0.15) is 0 Å². The molecule has 1 amide bonds. The zero-order valence-electron chi connectivity index (χ0n) is 17.8. The van der Waals surface area contributed by atoms with Crippen molar-refractivity contribution in [1.82, 2.24) is 10.2 Å². The topological polar surface area (TPSA) is 53.6 Å². The van der Waals surface area contributed by atoms with Crippen molar-refractivity contribution in [1.29, 1.82) is 0 Å². The molecule has 162 valence electrons. The molecule has 1 unspecified atom stereocenters. The van der Waals surface area contributed by atoms with Gasteiger partial charge in [-0.05, 0) is 50.1 Å². The summed E-state index contributed by atoms with van der Waals surface area (Å²) in [5, 5.41) is 6.35. The van der Waals surface area contributed by atoms with Crippen LogP contribution in [-0.2, 0) is 22.7 Å². The average Bonchev–Trinajstić information content (AvgIpc) is 3.31. The second kappa shape index (κ2) is 8.44. The minimum absolute atomic E-state index is 0.249. The van der Waals surface area contributed by atoms with Crippen LogP contribution in [0.15, 0.2) is 36.4 Å². The molecule has 2 aromatic rings. The number of fused-ring (bicyclic) bond motifs is 2. The Morgan fingerprint density at radius 2 is 2.10 bits per heavy atom. The first-order chi connectivity index (χ1) is 15.1. The number of ether oxygens (including phenoxy) is 1. The van der Waals surface area contributed by atoms with E-state index in [1.54, 1.807) is 6.07 Å². The summed E-state index contributed by atoms with van der Waals surface area (Å²) < 4.78 is 19.7. The van der Waals surface area contributed by atoms with Gasteiger partial charge in [0.05, 0.1) is 5.57 Å². The summed E-state index contributed by atoms with van der Waals surface area (Å²) in [5.74, 6) is -0.0801. The molecule has 0 saturated carbocycles. The van der Waals surface area contributed by atoms with E-state index in [0.717, 1.165) is 30.8 Å². The van der Waals surface area contributed by atoms with E-state index in [1.165, 1.54) is 43.5 Å². The van der Waals surface area contributed by atoms with E-state index in [4.69, 9.17) is 4.74 Å². The Morgan fingerprint density at radius 1 is 1.19 bits per heavy atom. The van der Waals surface area contributed by atoms with Gasteiger partial charge in [-0.1, -0.05) is 24.6 Å². The first-order valence-electron chi connectivity index (χ1n) is 11.2. The molecule has 3 aliphatic heterocycles. The van der Waals surface area contributed by atoms with E-state index in [0.29, 0.717) is 35.2 Å². The molecule has 5 rings (SSSR count). The van der Waals surface area contributed by atoms with E-state index in [2.05, 4.69) is 34.6 Å². The van der Waals surface area contributed by atoms with Crippen LogP contribution in [0.2, 0.25) is 0 Å². The smallest absolute Gasteiger partial charge is 0.260 e. The molecular formula is C25H28FN3O2. The van der Waals surface area contributed by atoms with Gasteiger partial charge in [0, 0.05) is 48.1 Å². The van der Waals surface area contributed by atoms with Crippen molar-refractivity contribution in [3.8, 4) is 0 Å². The summed E-state index contributed by atoms with van der Waals surface area (Å²) in [6, 6.07) is 11.2. The average molecular weight is 422 g/mol. The van der Waals surface area contributed by atoms with Crippen molar-refractivity contribution < 1.29 is 13.9 Å². The number of benzene rings is 2. The van der Waals surface area contributed by atoms with Crippen LogP contribution in [0, 0.1) is 5.82 Å². The lowest BCUT2D eigenvalue weighted by Crippen LogP contribution is -2.41. The maximum Gasteiger partial charge on any atom is 0.260 e. The molecule has 2 N–H and O–H groups in total. The molecule has 0 spiro atoms. The number of hydrogen-bond donors (Lipinski definition) is 2. The van der Waals surface area contributed by atoms with Gasteiger partial charge in [0.1, 0.15) is 18.2 Å². The molecule has 5 nitrogen and oxygen atoms in total. The largest absolute Gasteiger partial charge is 0.487 e. The third kappa shape index (κ3) is 3.98. The van der Waals surface area contributed by atoms with Crippen LogP contribution >= 0.6 is 0 Å². The lowest BCUT2D eigenvalue weighted by Gasteiger charge is -2.33. The zero-order chi connectivity index (χ0) is 21.4. The molecule has 31 heavy (non-hydrogen) atoms. The number of nitrogens with zero attached hydrogens (tertiary/aromatic N) is 1. The highest BCUT2D eigenvalue weighted by Gasteiger charge is 2.32. The van der Waals surface area contributed by atoms with Crippen LogP contribution < -0.4 is 10.6 Å². The van der Waals surface area contributed by atoms with Crippen molar-refractivity contribution in [2.45, 2.75) is 45.4 Å². The highest BCUT2D eigenvalue weighted by atomic mass is 19.1. The normalized spacial score (nSPS) is 22.8. The SMILES string of the molecule is CC1CCCCN1CCNCc1ccc2c(c1)CO/C2=C1/C(=O)Nc2ccc(F)cc21. The minimum Gasteiger partial charge on any atom is -0.487 e. The number of carbonyl (C=O) groups is 1. The molecule has 3 heterocycles. The van der Waals surface area contributed by atoms with E-state index >= 15 is 0 Å². The molecule has 0 aromatic heterocycles. The molecule has 2 aromatic carbocycles. The Bertz CT molecular complexity index is 1050. The van der Waals surface area contributed by atoms with E-state index in [1.807, 2.05) is 6.07 Å². The molecule has 0 radical (unpaired) electrons. The van der Waals surface area contributed by atoms with Gasteiger partial charge in [-0.3, -0.25) is 9.69 Å². The molecule has 3 aliphatic rings.